The molecule has 1 saturated heterocycles. The molecule has 9 heteroatoms. The lowest BCUT2D eigenvalue weighted by molar-refractivity contribution is -0.140. The summed E-state index contributed by atoms with van der Waals surface area (Å²) in [4.78, 5) is 49.8. The number of nitrogens with one attached hydrogen (secondary N) is 1. The number of amides is 2. The van der Waals surface area contributed by atoms with E-state index in [4.69, 9.17) is 0 Å². The van der Waals surface area contributed by atoms with E-state index in [2.05, 4.69) is 27.3 Å². The highest BCUT2D eigenvalue weighted by Gasteiger charge is 2.64. The Morgan fingerprint density at radius 1 is 1.08 bits per heavy atom. The van der Waals surface area contributed by atoms with Crippen LogP contribution in [0.2, 0.25) is 0 Å². The molecule has 38 heavy (non-hydrogen) atoms. The van der Waals surface area contributed by atoms with Crippen LogP contribution in [0.15, 0.2) is 24.5 Å². The van der Waals surface area contributed by atoms with Crippen LogP contribution >= 0.6 is 0 Å². The third-order valence-electron chi connectivity index (χ3n) is 8.54. The van der Waals surface area contributed by atoms with E-state index in [1.54, 1.807) is 22.0 Å². The van der Waals surface area contributed by atoms with Gasteiger partial charge in [0.05, 0.1) is 5.52 Å². The van der Waals surface area contributed by atoms with Gasteiger partial charge in [-0.1, -0.05) is 19.8 Å². The molecule has 2 amide bonds. The zero-order chi connectivity index (χ0) is 26.8. The van der Waals surface area contributed by atoms with Gasteiger partial charge in [0.15, 0.2) is 5.78 Å². The molecule has 1 N–H and O–H groups in total. The summed E-state index contributed by atoms with van der Waals surface area (Å²) < 4.78 is 1.64. The van der Waals surface area contributed by atoms with Crippen molar-refractivity contribution >= 4 is 28.5 Å². The van der Waals surface area contributed by atoms with Gasteiger partial charge in [0.2, 0.25) is 11.8 Å². The van der Waals surface area contributed by atoms with E-state index in [1.165, 1.54) is 19.8 Å². The molecule has 198 valence electrons. The molecule has 2 aliphatic carbocycles. The molecule has 0 bridgehead atoms. The fourth-order valence-electron chi connectivity index (χ4n) is 6.10. The zero-order valence-electron chi connectivity index (χ0n) is 22.5. The number of carbonyl (C=O) groups excluding carboxylic acids is 3. The van der Waals surface area contributed by atoms with Crippen LogP contribution in [-0.4, -0.2) is 60.9 Å². The summed E-state index contributed by atoms with van der Waals surface area (Å²) in [5.74, 6) is 1.08. The summed E-state index contributed by atoms with van der Waals surface area (Å²) in [5.41, 5.74) is 3.73. The van der Waals surface area contributed by atoms with Crippen LogP contribution in [0.25, 0.3) is 22.0 Å². The molecule has 2 saturated carbocycles. The van der Waals surface area contributed by atoms with Gasteiger partial charge in [0.25, 0.3) is 0 Å². The van der Waals surface area contributed by atoms with Crippen molar-refractivity contribution in [3.63, 3.8) is 0 Å². The summed E-state index contributed by atoms with van der Waals surface area (Å²) >= 11 is 0. The van der Waals surface area contributed by atoms with Crippen LogP contribution in [0.3, 0.4) is 0 Å². The number of benzene rings is 1. The first-order valence-electron chi connectivity index (χ1n) is 13.5. The average molecular weight is 515 g/mol. The number of fused-ring (bicyclic) bond motifs is 2. The lowest BCUT2D eigenvalue weighted by Crippen LogP contribution is -2.49. The second-order valence-corrected chi connectivity index (χ2v) is 11.7. The minimum Gasteiger partial charge on any atom is -0.354 e. The van der Waals surface area contributed by atoms with Crippen LogP contribution in [0.4, 0.5) is 0 Å². The van der Waals surface area contributed by atoms with Gasteiger partial charge >= 0.3 is 0 Å². The van der Waals surface area contributed by atoms with Crippen molar-refractivity contribution in [3.8, 4) is 11.1 Å². The highest BCUT2D eigenvalue weighted by Crippen LogP contribution is 2.59. The Kier molecular flexibility index (Phi) is 5.85. The largest absolute Gasteiger partial charge is 0.354 e. The average Bonchev–Trinajstić information content (AvgIpc) is 3.75. The molecular formula is C29H34N6O3. The molecule has 0 unspecified atom stereocenters. The summed E-state index contributed by atoms with van der Waals surface area (Å²) in [7, 11) is 0. The molecule has 0 radical (unpaired) electrons. The number of hydrogen-bond acceptors (Lipinski definition) is 6. The van der Waals surface area contributed by atoms with Crippen LogP contribution in [0.5, 0.6) is 0 Å². The molecule has 0 spiro atoms. The minimum absolute atomic E-state index is 0.00577. The number of piperidine rings is 1. The highest BCUT2D eigenvalue weighted by molar-refractivity contribution is 6.07. The first kappa shape index (κ1) is 24.7. The van der Waals surface area contributed by atoms with Crippen molar-refractivity contribution in [2.45, 2.75) is 78.4 Å². The Bertz CT molecular complexity index is 1460. The fourth-order valence-corrected chi connectivity index (χ4v) is 6.10. The van der Waals surface area contributed by atoms with E-state index in [0.29, 0.717) is 29.9 Å². The number of ketones is 1. The van der Waals surface area contributed by atoms with Crippen molar-refractivity contribution in [3.05, 3.63) is 41.6 Å². The molecule has 3 fully saturated rings. The van der Waals surface area contributed by atoms with Gasteiger partial charge in [-0.15, -0.1) is 0 Å². The van der Waals surface area contributed by atoms with Crippen LogP contribution in [0, 0.1) is 25.2 Å². The SMILES string of the molecule is CC(=O)c1nn(CC(=O)N2[C@H](C(=O)NCCC3CC3)C[C@@]3(C)C[C@@H]23)c2c(C)cc(-c3cnc(C)nc3)cc12. The van der Waals surface area contributed by atoms with Gasteiger partial charge in [-0.2, -0.15) is 5.10 Å². The maximum absolute atomic E-state index is 13.7. The summed E-state index contributed by atoms with van der Waals surface area (Å²) in [5, 5.41) is 8.38. The van der Waals surface area contributed by atoms with E-state index < -0.39 is 6.04 Å². The zero-order valence-corrected chi connectivity index (χ0v) is 22.5. The molecular weight excluding hydrogens is 480 g/mol. The van der Waals surface area contributed by atoms with Crippen molar-refractivity contribution in [2.75, 3.05) is 6.54 Å². The van der Waals surface area contributed by atoms with Gasteiger partial charge in [-0.05, 0) is 67.7 Å². The molecule has 3 atom stereocenters. The Balaban J connectivity index is 1.29. The van der Waals surface area contributed by atoms with Crippen LogP contribution < -0.4 is 5.32 Å². The molecule has 3 aliphatic rings. The molecule has 3 aromatic rings. The summed E-state index contributed by atoms with van der Waals surface area (Å²) in [6, 6.07) is 3.56. The van der Waals surface area contributed by atoms with Crippen molar-refractivity contribution in [2.24, 2.45) is 11.3 Å². The van der Waals surface area contributed by atoms with Crippen LogP contribution in [0.1, 0.15) is 67.8 Å². The minimum atomic E-state index is -0.450. The third-order valence-corrected chi connectivity index (χ3v) is 8.54. The van der Waals surface area contributed by atoms with E-state index >= 15 is 0 Å². The fraction of sp³-hybridized carbons (Fsp3) is 0.517. The molecule has 9 nitrogen and oxygen atoms in total. The normalized spacial score (nSPS) is 23.9. The molecule has 1 aromatic carbocycles. The number of hydrogen-bond donors (Lipinski definition) is 1. The second-order valence-electron chi connectivity index (χ2n) is 11.7. The number of nitrogens with zero attached hydrogens (tertiary/aromatic N) is 5. The monoisotopic (exact) mass is 514 g/mol. The Morgan fingerprint density at radius 3 is 2.50 bits per heavy atom. The van der Waals surface area contributed by atoms with Crippen LogP contribution in [-0.2, 0) is 16.1 Å². The Labute approximate surface area is 222 Å². The number of likely N-dealkylation sites (tertiary alicyclic amines) is 1. The molecule has 2 aromatic heterocycles. The smallest absolute Gasteiger partial charge is 0.245 e. The molecule has 3 heterocycles. The molecule has 6 rings (SSSR count). The van der Waals surface area contributed by atoms with Gasteiger partial charge < -0.3 is 10.2 Å². The Morgan fingerprint density at radius 2 is 1.82 bits per heavy atom. The van der Waals surface area contributed by atoms with Crippen molar-refractivity contribution in [1.29, 1.82) is 0 Å². The highest BCUT2D eigenvalue weighted by atomic mass is 16.2. The van der Waals surface area contributed by atoms with Gasteiger partial charge in [0.1, 0.15) is 24.1 Å². The lowest BCUT2D eigenvalue weighted by Gasteiger charge is -2.27. The van der Waals surface area contributed by atoms with Gasteiger partial charge in [-0.25, -0.2) is 9.97 Å². The van der Waals surface area contributed by atoms with Gasteiger partial charge in [-0.3, -0.25) is 19.1 Å². The number of rotatable bonds is 8. The lowest BCUT2D eigenvalue weighted by atomic mass is 10.0. The molecule has 1 aliphatic heterocycles. The topological polar surface area (TPSA) is 110 Å². The van der Waals surface area contributed by atoms with Gasteiger partial charge in [0, 0.05) is 42.9 Å². The quantitative estimate of drug-likeness (QED) is 0.460. The first-order valence-corrected chi connectivity index (χ1v) is 13.5. The summed E-state index contributed by atoms with van der Waals surface area (Å²) in [6.45, 7) is 8.09. The standard InChI is InChI=1S/C29H34N6O3/c1-16-9-20(21-13-31-18(3)32-14-21)10-22-26(17(2)36)33-34(27(16)22)15-25(37)35-23(11-29(4)12-24(29)35)28(38)30-8-7-19-5-6-19/h9-10,13-14,19,23-24H,5-8,11-12,15H2,1-4H3,(H,30,38)/t23-,24+,29-/m0/s1. The maximum atomic E-state index is 13.7. The predicted octanol–water partition coefficient (Wildman–Crippen LogP) is 3.61. The van der Waals surface area contributed by atoms with Crippen molar-refractivity contribution < 1.29 is 14.4 Å². The van der Waals surface area contributed by atoms with Crippen molar-refractivity contribution in [1.82, 2.24) is 30.0 Å². The number of Topliss-reactive ketones (excluding diaryl/α,β-unsaturated/α-hetero) is 1. The van der Waals surface area contributed by atoms with E-state index in [0.717, 1.165) is 41.0 Å². The number of carbonyl (C=O) groups is 3. The Hall–Kier alpha value is -3.62. The first-order chi connectivity index (χ1) is 18.1. The van der Waals surface area contributed by atoms with E-state index in [1.807, 2.05) is 26.0 Å². The van der Waals surface area contributed by atoms with E-state index in [-0.39, 0.29) is 35.6 Å². The number of aryl methyl sites for hydroxylation is 2. The predicted molar refractivity (Wildman–Crippen MR) is 142 cm³/mol. The number of aromatic nitrogens is 4. The van der Waals surface area contributed by atoms with E-state index in [9.17, 15) is 14.4 Å². The second kappa shape index (κ2) is 8.99. The summed E-state index contributed by atoms with van der Waals surface area (Å²) in [6.07, 6.45) is 8.66. The maximum Gasteiger partial charge on any atom is 0.245 e. The third kappa shape index (κ3) is 4.37.